The zero-order valence-corrected chi connectivity index (χ0v) is 11.5. The van der Waals surface area contributed by atoms with Gasteiger partial charge in [0.15, 0.2) is 0 Å². The largest absolute Gasteiger partial charge is 0.336 e. The van der Waals surface area contributed by atoms with Crippen molar-refractivity contribution in [1.82, 2.24) is 4.90 Å². The summed E-state index contributed by atoms with van der Waals surface area (Å²) in [5.74, 6) is 0.00977. The van der Waals surface area contributed by atoms with Crippen LogP contribution in [0.5, 0.6) is 0 Å². The molecule has 0 N–H and O–H groups in total. The van der Waals surface area contributed by atoms with Gasteiger partial charge in [0.25, 0.3) is 5.69 Å². The minimum atomic E-state index is -0.436. The van der Waals surface area contributed by atoms with Crippen LogP contribution in [0.15, 0.2) is 30.3 Å². The first kappa shape index (κ1) is 14.2. The number of rotatable bonds is 3. The van der Waals surface area contributed by atoms with Crippen LogP contribution < -0.4 is 0 Å². The molecule has 0 aliphatic carbocycles. The topological polar surface area (TPSA) is 63.5 Å². The van der Waals surface area contributed by atoms with Crippen molar-refractivity contribution in [3.8, 4) is 0 Å². The van der Waals surface area contributed by atoms with Gasteiger partial charge in [0.2, 0.25) is 5.91 Å². The number of piperidine rings is 1. The van der Waals surface area contributed by atoms with E-state index in [0.717, 1.165) is 24.9 Å². The Bertz CT molecular complexity index is 522. The van der Waals surface area contributed by atoms with Crippen molar-refractivity contribution >= 4 is 17.7 Å². The fourth-order valence-corrected chi connectivity index (χ4v) is 2.40. The molecule has 1 atom stereocenters. The summed E-state index contributed by atoms with van der Waals surface area (Å²) < 4.78 is 0. The molecule has 20 heavy (non-hydrogen) atoms. The summed E-state index contributed by atoms with van der Waals surface area (Å²) in [7, 11) is 0. The molecule has 0 radical (unpaired) electrons. The predicted octanol–water partition coefficient (Wildman–Crippen LogP) is 3.01. The molecule has 1 aliphatic heterocycles. The maximum atomic E-state index is 12.1. The molecule has 106 valence electrons. The van der Waals surface area contributed by atoms with Crippen molar-refractivity contribution in [2.24, 2.45) is 0 Å². The number of hydrogen-bond acceptors (Lipinski definition) is 3. The van der Waals surface area contributed by atoms with Gasteiger partial charge in [0, 0.05) is 30.8 Å². The van der Waals surface area contributed by atoms with Crippen LogP contribution in [0.3, 0.4) is 0 Å². The second-order valence-electron chi connectivity index (χ2n) is 5.06. The lowest BCUT2D eigenvalue weighted by atomic mass is 10.0. The molecule has 0 aromatic heterocycles. The summed E-state index contributed by atoms with van der Waals surface area (Å²) >= 11 is 0. The molecular weight excluding hydrogens is 256 g/mol. The Balaban J connectivity index is 2.01. The highest BCUT2D eigenvalue weighted by Crippen LogP contribution is 2.17. The highest BCUT2D eigenvalue weighted by Gasteiger charge is 2.21. The van der Waals surface area contributed by atoms with Gasteiger partial charge in [-0.25, -0.2) is 0 Å². The van der Waals surface area contributed by atoms with Crippen LogP contribution >= 0.6 is 0 Å². The molecule has 1 aromatic carbocycles. The molecule has 1 heterocycles. The van der Waals surface area contributed by atoms with Crippen LogP contribution in [0.25, 0.3) is 6.08 Å². The van der Waals surface area contributed by atoms with Gasteiger partial charge in [-0.3, -0.25) is 14.9 Å². The summed E-state index contributed by atoms with van der Waals surface area (Å²) in [4.78, 5) is 24.1. The van der Waals surface area contributed by atoms with Crippen LogP contribution in [-0.2, 0) is 4.79 Å². The standard InChI is InChI=1S/C15H18N2O3/c1-12-4-2-3-11-16(12)15(18)10-7-13-5-8-14(9-6-13)17(19)20/h5-10,12H,2-4,11H2,1H3/b10-7+/t12-/m1/s1. The van der Waals surface area contributed by atoms with E-state index in [1.54, 1.807) is 24.3 Å². The van der Waals surface area contributed by atoms with Gasteiger partial charge in [0.1, 0.15) is 0 Å². The monoisotopic (exact) mass is 274 g/mol. The van der Waals surface area contributed by atoms with Crippen molar-refractivity contribution in [3.05, 3.63) is 46.0 Å². The number of benzene rings is 1. The first-order valence-electron chi connectivity index (χ1n) is 6.81. The first-order chi connectivity index (χ1) is 9.58. The van der Waals surface area contributed by atoms with Gasteiger partial charge in [-0.2, -0.15) is 0 Å². The van der Waals surface area contributed by atoms with Crippen LogP contribution in [0.1, 0.15) is 31.7 Å². The van der Waals surface area contributed by atoms with Crippen molar-refractivity contribution in [3.63, 3.8) is 0 Å². The molecule has 5 heteroatoms. The SMILES string of the molecule is C[C@@H]1CCCCN1C(=O)/C=C/c1ccc([N+](=O)[O-])cc1. The van der Waals surface area contributed by atoms with Gasteiger partial charge in [-0.05, 0) is 50.0 Å². The molecule has 1 saturated heterocycles. The predicted molar refractivity (Wildman–Crippen MR) is 77.2 cm³/mol. The van der Waals surface area contributed by atoms with Crippen LogP contribution in [-0.4, -0.2) is 28.3 Å². The molecule has 1 aliphatic rings. The molecule has 1 aromatic rings. The van der Waals surface area contributed by atoms with Crippen molar-refractivity contribution in [1.29, 1.82) is 0 Å². The second-order valence-corrected chi connectivity index (χ2v) is 5.06. The highest BCUT2D eigenvalue weighted by atomic mass is 16.6. The third-order valence-electron chi connectivity index (χ3n) is 3.61. The zero-order chi connectivity index (χ0) is 14.5. The van der Waals surface area contributed by atoms with E-state index in [0.29, 0.717) is 0 Å². The smallest absolute Gasteiger partial charge is 0.269 e. The van der Waals surface area contributed by atoms with E-state index in [4.69, 9.17) is 0 Å². The third kappa shape index (κ3) is 3.44. The Morgan fingerprint density at radius 3 is 2.65 bits per heavy atom. The molecule has 5 nitrogen and oxygen atoms in total. The summed E-state index contributed by atoms with van der Waals surface area (Å²) in [5, 5.41) is 10.5. The highest BCUT2D eigenvalue weighted by molar-refractivity contribution is 5.92. The van der Waals surface area contributed by atoms with Gasteiger partial charge in [-0.1, -0.05) is 0 Å². The van der Waals surface area contributed by atoms with Crippen molar-refractivity contribution < 1.29 is 9.72 Å². The summed E-state index contributed by atoms with van der Waals surface area (Å²) in [6, 6.07) is 6.45. The normalized spacial score (nSPS) is 19.2. The number of nitrogens with zero attached hydrogens (tertiary/aromatic N) is 2. The Morgan fingerprint density at radius 1 is 1.35 bits per heavy atom. The lowest BCUT2D eigenvalue weighted by molar-refractivity contribution is -0.384. The van der Waals surface area contributed by atoms with E-state index in [1.807, 2.05) is 4.90 Å². The van der Waals surface area contributed by atoms with Gasteiger partial charge in [0.05, 0.1) is 4.92 Å². The Kier molecular flexibility index (Phi) is 4.50. The molecule has 1 amide bonds. The van der Waals surface area contributed by atoms with E-state index >= 15 is 0 Å². The number of carbonyl (C=O) groups is 1. The average molecular weight is 274 g/mol. The first-order valence-corrected chi connectivity index (χ1v) is 6.81. The van der Waals surface area contributed by atoms with Crippen LogP contribution in [0, 0.1) is 10.1 Å². The van der Waals surface area contributed by atoms with E-state index in [2.05, 4.69) is 6.92 Å². The summed E-state index contributed by atoms with van der Waals surface area (Å²) in [6.45, 7) is 2.88. The second kappa shape index (κ2) is 6.32. The number of hydrogen-bond donors (Lipinski definition) is 0. The van der Waals surface area contributed by atoms with E-state index < -0.39 is 4.92 Å². The van der Waals surface area contributed by atoms with Gasteiger partial charge in [-0.15, -0.1) is 0 Å². The van der Waals surface area contributed by atoms with Gasteiger partial charge >= 0.3 is 0 Å². The maximum absolute atomic E-state index is 12.1. The Labute approximate surface area is 118 Å². The number of amides is 1. The fourth-order valence-electron chi connectivity index (χ4n) is 2.40. The number of likely N-dealkylation sites (tertiary alicyclic amines) is 1. The minimum absolute atomic E-state index is 0.00977. The van der Waals surface area contributed by atoms with Crippen LogP contribution in [0.2, 0.25) is 0 Å². The van der Waals surface area contributed by atoms with E-state index in [-0.39, 0.29) is 17.6 Å². The number of nitro benzene ring substituents is 1. The van der Waals surface area contributed by atoms with Crippen molar-refractivity contribution in [2.75, 3.05) is 6.54 Å². The number of nitro groups is 1. The molecule has 0 unspecified atom stereocenters. The lowest BCUT2D eigenvalue weighted by Gasteiger charge is -2.32. The molecule has 0 saturated carbocycles. The molecule has 2 rings (SSSR count). The van der Waals surface area contributed by atoms with Crippen LogP contribution in [0.4, 0.5) is 5.69 Å². The Morgan fingerprint density at radius 2 is 2.05 bits per heavy atom. The summed E-state index contributed by atoms with van der Waals surface area (Å²) in [5.41, 5.74) is 0.840. The fraction of sp³-hybridized carbons (Fsp3) is 0.400. The van der Waals surface area contributed by atoms with E-state index in [1.165, 1.54) is 18.6 Å². The maximum Gasteiger partial charge on any atom is 0.269 e. The van der Waals surface area contributed by atoms with E-state index in [9.17, 15) is 14.9 Å². The Hall–Kier alpha value is -2.17. The minimum Gasteiger partial charge on any atom is -0.336 e. The quantitative estimate of drug-likeness (QED) is 0.483. The molecular formula is C15H18N2O3. The number of carbonyl (C=O) groups excluding carboxylic acids is 1. The molecule has 0 spiro atoms. The molecule has 1 fully saturated rings. The van der Waals surface area contributed by atoms with Crippen molar-refractivity contribution in [2.45, 2.75) is 32.2 Å². The van der Waals surface area contributed by atoms with Gasteiger partial charge < -0.3 is 4.90 Å². The summed E-state index contributed by atoms with van der Waals surface area (Å²) in [6.07, 6.45) is 6.53. The third-order valence-corrected chi connectivity index (χ3v) is 3.61. The number of non-ortho nitro benzene ring substituents is 1. The molecule has 0 bridgehead atoms. The average Bonchev–Trinajstić information content (AvgIpc) is 2.45. The zero-order valence-electron chi connectivity index (χ0n) is 11.5. The lowest BCUT2D eigenvalue weighted by Crippen LogP contribution is -2.41.